The predicted octanol–water partition coefficient (Wildman–Crippen LogP) is 6.34. The van der Waals surface area contributed by atoms with Crippen molar-refractivity contribution in [3.8, 4) is 17.3 Å². The van der Waals surface area contributed by atoms with Gasteiger partial charge in [0.15, 0.2) is 5.69 Å². The second-order valence-corrected chi connectivity index (χ2v) is 9.91. The molecule has 34 heavy (non-hydrogen) atoms. The molecule has 0 bridgehead atoms. The molecule has 1 aliphatic rings. The quantitative estimate of drug-likeness (QED) is 0.410. The highest BCUT2D eigenvalue weighted by atomic mass is 35.5. The number of hydrogen-bond acceptors (Lipinski definition) is 4. The van der Waals surface area contributed by atoms with Crippen LogP contribution in [-0.2, 0) is 6.54 Å². The van der Waals surface area contributed by atoms with E-state index in [4.69, 9.17) is 33.0 Å². The standard InChI is InChI=1S/C26H30Cl2N4O2/c1-17(2)29-16-21-24(25(33)31-14-12-18(3)13-15-31)30-32(23-7-5-4-6-22(23)28)26(21)34-20-10-8-19(27)9-11-20/h4-11,17-18,29H,12-16H2,1-3H3. The van der Waals surface area contributed by atoms with Gasteiger partial charge < -0.3 is 15.0 Å². The number of benzene rings is 2. The number of rotatable bonds is 7. The number of likely N-dealkylation sites (tertiary alicyclic amines) is 1. The van der Waals surface area contributed by atoms with Gasteiger partial charge in [-0.05, 0) is 55.2 Å². The molecule has 4 rings (SSSR count). The molecule has 3 aromatic rings. The van der Waals surface area contributed by atoms with Crippen LogP contribution in [0.2, 0.25) is 10.0 Å². The van der Waals surface area contributed by atoms with Gasteiger partial charge in [0.25, 0.3) is 5.91 Å². The Morgan fingerprint density at radius 1 is 1.12 bits per heavy atom. The number of carbonyl (C=O) groups excluding carboxylic acids is 1. The normalized spacial score (nSPS) is 14.6. The summed E-state index contributed by atoms with van der Waals surface area (Å²) in [5.74, 6) is 1.58. The Hall–Kier alpha value is -2.54. The Balaban J connectivity index is 1.83. The van der Waals surface area contributed by atoms with Crippen LogP contribution in [0.25, 0.3) is 5.69 Å². The number of nitrogens with zero attached hydrogens (tertiary/aromatic N) is 3. The molecule has 0 saturated carbocycles. The summed E-state index contributed by atoms with van der Waals surface area (Å²) in [6.45, 7) is 8.23. The van der Waals surface area contributed by atoms with Crippen molar-refractivity contribution in [3.63, 3.8) is 0 Å². The molecule has 0 unspecified atom stereocenters. The molecule has 0 radical (unpaired) electrons. The zero-order chi connectivity index (χ0) is 24.2. The molecule has 180 valence electrons. The number of amides is 1. The van der Waals surface area contributed by atoms with Crippen molar-refractivity contribution < 1.29 is 9.53 Å². The van der Waals surface area contributed by atoms with E-state index in [0.717, 1.165) is 25.9 Å². The van der Waals surface area contributed by atoms with Crippen molar-refractivity contribution >= 4 is 29.1 Å². The lowest BCUT2D eigenvalue weighted by Crippen LogP contribution is -2.38. The highest BCUT2D eigenvalue weighted by Crippen LogP contribution is 2.34. The van der Waals surface area contributed by atoms with E-state index in [2.05, 4.69) is 26.1 Å². The molecule has 1 N–H and O–H groups in total. The van der Waals surface area contributed by atoms with Gasteiger partial charge in [0.1, 0.15) is 5.75 Å². The maximum atomic E-state index is 13.7. The van der Waals surface area contributed by atoms with Crippen LogP contribution in [0.4, 0.5) is 0 Å². The number of carbonyl (C=O) groups is 1. The average molecular weight is 501 g/mol. The van der Waals surface area contributed by atoms with Crippen LogP contribution in [0.5, 0.6) is 11.6 Å². The van der Waals surface area contributed by atoms with Crippen molar-refractivity contribution in [2.45, 2.75) is 46.2 Å². The lowest BCUT2D eigenvalue weighted by molar-refractivity contribution is 0.0689. The molecule has 2 heterocycles. The summed E-state index contributed by atoms with van der Waals surface area (Å²) in [6, 6.07) is 14.7. The third-order valence-corrected chi connectivity index (χ3v) is 6.58. The number of ether oxygens (including phenoxy) is 1. The van der Waals surface area contributed by atoms with Gasteiger partial charge in [0, 0.05) is 30.7 Å². The molecule has 0 atom stereocenters. The maximum Gasteiger partial charge on any atom is 0.274 e. The van der Waals surface area contributed by atoms with Crippen LogP contribution < -0.4 is 10.1 Å². The fourth-order valence-corrected chi connectivity index (χ4v) is 4.28. The Labute approximate surface area is 210 Å². The zero-order valence-electron chi connectivity index (χ0n) is 19.7. The van der Waals surface area contributed by atoms with Crippen molar-refractivity contribution in [2.24, 2.45) is 5.92 Å². The van der Waals surface area contributed by atoms with E-state index >= 15 is 0 Å². The fraction of sp³-hybridized carbons (Fsp3) is 0.385. The molecule has 1 aromatic heterocycles. The summed E-state index contributed by atoms with van der Waals surface area (Å²) in [6.07, 6.45) is 1.98. The SMILES string of the molecule is CC1CCN(C(=O)c2nn(-c3ccccc3Cl)c(Oc3ccc(Cl)cc3)c2CNC(C)C)CC1. The molecule has 1 fully saturated rings. The first-order valence-electron chi connectivity index (χ1n) is 11.7. The molecule has 1 saturated heterocycles. The maximum absolute atomic E-state index is 13.7. The van der Waals surface area contributed by atoms with Crippen LogP contribution in [0.15, 0.2) is 48.5 Å². The van der Waals surface area contributed by atoms with Crippen molar-refractivity contribution in [1.29, 1.82) is 0 Å². The number of para-hydroxylation sites is 1. The van der Waals surface area contributed by atoms with E-state index < -0.39 is 0 Å². The second-order valence-electron chi connectivity index (χ2n) is 9.06. The molecule has 1 amide bonds. The number of halogens is 2. The monoisotopic (exact) mass is 500 g/mol. The van der Waals surface area contributed by atoms with E-state index in [1.165, 1.54) is 0 Å². The topological polar surface area (TPSA) is 59.4 Å². The van der Waals surface area contributed by atoms with Gasteiger partial charge >= 0.3 is 0 Å². The second kappa shape index (κ2) is 10.8. The smallest absolute Gasteiger partial charge is 0.274 e. The van der Waals surface area contributed by atoms with Gasteiger partial charge in [-0.1, -0.05) is 56.1 Å². The largest absolute Gasteiger partial charge is 0.439 e. The Kier molecular flexibility index (Phi) is 7.81. The molecule has 0 aliphatic carbocycles. The van der Waals surface area contributed by atoms with Crippen molar-refractivity contribution in [1.82, 2.24) is 20.0 Å². The lowest BCUT2D eigenvalue weighted by Gasteiger charge is -2.30. The summed E-state index contributed by atoms with van der Waals surface area (Å²) in [4.78, 5) is 15.6. The van der Waals surface area contributed by atoms with Gasteiger partial charge in [-0.15, -0.1) is 0 Å². The van der Waals surface area contributed by atoms with E-state index in [1.807, 2.05) is 23.1 Å². The number of nitrogens with one attached hydrogen (secondary N) is 1. The van der Waals surface area contributed by atoms with Gasteiger partial charge in [0.2, 0.25) is 5.88 Å². The van der Waals surface area contributed by atoms with Gasteiger partial charge in [-0.25, -0.2) is 0 Å². The number of aromatic nitrogens is 2. The van der Waals surface area contributed by atoms with Crippen LogP contribution in [0.1, 0.15) is 49.7 Å². The van der Waals surface area contributed by atoms with Crippen LogP contribution >= 0.6 is 23.2 Å². The molecular weight excluding hydrogens is 471 g/mol. The van der Waals surface area contributed by atoms with Gasteiger partial charge in [-0.2, -0.15) is 9.78 Å². The fourth-order valence-electron chi connectivity index (χ4n) is 3.94. The van der Waals surface area contributed by atoms with Crippen LogP contribution in [-0.4, -0.2) is 39.7 Å². The summed E-state index contributed by atoms with van der Waals surface area (Å²) in [5, 5.41) is 9.33. The number of hydrogen-bond donors (Lipinski definition) is 1. The number of piperidine rings is 1. The summed E-state index contributed by atoms with van der Waals surface area (Å²) in [7, 11) is 0. The van der Waals surface area contributed by atoms with Crippen LogP contribution in [0.3, 0.4) is 0 Å². The Bertz CT molecular complexity index is 1140. The molecule has 0 spiro atoms. The first-order valence-corrected chi connectivity index (χ1v) is 12.4. The third kappa shape index (κ3) is 5.57. The first kappa shape index (κ1) is 24.6. The minimum atomic E-state index is -0.0841. The van der Waals surface area contributed by atoms with Gasteiger partial charge in [0.05, 0.1) is 16.3 Å². The third-order valence-electron chi connectivity index (χ3n) is 6.01. The van der Waals surface area contributed by atoms with Gasteiger partial charge in [-0.3, -0.25) is 4.79 Å². The van der Waals surface area contributed by atoms with Crippen molar-refractivity contribution in [3.05, 3.63) is 69.8 Å². The highest BCUT2D eigenvalue weighted by Gasteiger charge is 2.30. The average Bonchev–Trinajstić information content (AvgIpc) is 3.17. The zero-order valence-corrected chi connectivity index (χ0v) is 21.2. The van der Waals surface area contributed by atoms with E-state index in [-0.39, 0.29) is 11.9 Å². The predicted molar refractivity (Wildman–Crippen MR) is 136 cm³/mol. The minimum Gasteiger partial charge on any atom is -0.439 e. The summed E-state index contributed by atoms with van der Waals surface area (Å²) in [5.41, 5.74) is 1.73. The Morgan fingerprint density at radius 2 is 1.79 bits per heavy atom. The minimum absolute atomic E-state index is 0.0841. The van der Waals surface area contributed by atoms with E-state index in [9.17, 15) is 4.79 Å². The molecule has 1 aliphatic heterocycles. The molecular formula is C26H30Cl2N4O2. The first-order chi connectivity index (χ1) is 16.3. The van der Waals surface area contributed by atoms with Crippen LogP contribution in [0, 0.1) is 5.92 Å². The summed E-state index contributed by atoms with van der Waals surface area (Å²) >= 11 is 12.6. The summed E-state index contributed by atoms with van der Waals surface area (Å²) < 4.78 is 7.98. The molecule has 2 aromatic carbocycles. The highest BCUT2D eigenvalue weighted by molar-refractivity contribution is 6.32. The molecule has 8 heteroatoms. The van der Waals surface area contributed by atoms with E-state index in [1.54, 1.807) is 35.0 Å². The van der Waals surface area contributed by atoms with E-state index in [0.29, 0.717) is 51.1 Å². The Morgan fingerprint density at radius 3 is 2.44 bits per heavy atom. The van der Waals surface area contributed by atoms with Crippen molar-refractivity contribution in [2.75, 3.05) is 13.1 Å². The molecule has 6 nitrogen and oxygen atoms in total. The lowest BCUT2D eigenvalue weighted by atomic mass is 9.99.